The van der Waals surface area contributed by atoms with E-state index in [1.807, 2.05) is 0 Å². The van der Waals surface area contributed by atoms with Crippen LogP contribution < -0.4 is 10.9 Å². The number of H-pyrrole nitrogens is 1. The fourth-order valence-corrected chi connectivity index (χ4v) is 4.46. The first-order valence-electron chi connectivity index (χ1n) is 7.32. The molecule has 3 atom stereocenters. The van der Waals surface area contributed by atoms with E-state index in [0.29, 0.717) is 11.5 Å². The highest BCUT2D eigenvalue weighted by molar-refractivity contribution is 5.94. The molecule has 1 aromatic heterocycles. The Kier molecular flexibility index (Phi) is 2.82. The third-order valence-corrected chi connectivity index (χ3v) is 5.58. The number of pyridine rings is 1. The van der Waals surface area contributed by atoms with E-state index in [0.717, 1.165) is 0 Å². The summed E-state index contributed by atoms with van der Waals surface area (Å²) >= 11 is 0. The van der Waals surface area contributed by atoms with Crippen LogP contribution in [0.2, 0.25) is 0 Å². The Balaban J connectivity index is 1.84. The molecule has 2 saturated carbocycles. The van der Waals surface area contributed by atoms with Gasteiger partial charge in [0.1, 0.15) is 0 Å². The second-order valence-corrected chi connectivity index (χ2v) is 7.26. The molecule has 0 radical (unpaired) electrons. The van der Waals surface area contributed by atoms with E-state index in [1.165, 1.54) is 31.5 Å². The van der Waals surface area contributed by atoms with Crippen molar-refractivity contribution in [1.82, 2.24) is 10.3 Å². The molecule has 3 unspecified atom stereocenters. The Morgan fingerprint density at radius 2 is 2.15 bits per heavy atom. The summed E-state index contributed by atoms with van der Waals surface area (Å²) in [5.41, 5.74) is 0.529. The van der Waals surface area contributed by atoms with Gasteiger partial charge in [-0.05, 0) is 42.1 Å². The molecule has 20 heavy (non-hydrogen) atoms. The smallest absolute Gasteiger partial charge is 0.251 e. The van der Waals surface area contributed by atoms with E-state index < -0.39 is 0 Å². The molecule has 2 N–H and O–H groups in total. The Hall–Kier alpha value is -1.58. The lowest BCUT2D eigenvalue weighted by molar-refractivity contribution is 0.0737. The zero-order valence-corrected chi connectivity index (χ0v) is 12.3. The van der Waals surface area contributed by atoms with Gasteiger partial charge in [0, 0.05) is 23.9 Å². The molecule has 0 aromatic carbocycles. The Labute approximate surface area is 119 Å². The lowest BCUT2D eigenvalue weighted by Gasteiger charge is -2.43. The highest BCUT2D eigenvalue weighted by atomic mass is 16.2. The van der Waals surface area contributed by atoms with Crippen LogP contribution in [0, 0.1) is 16.7 Å². The molecule has 0 saturated heterocycles. The maximum atomic E-state index is 12.4. The van der Waals surface area contributed by atoms with Gasteiger partial charge in [-0.1, -0.05) is 20.8 Å². The Morgan fingerprint density at radius 3 is 2.75 bits per heavy atom. The largest absolute Gasteiger partial charge is 0.348 e. The van der Waals surface area contributed by atoms with E-state index in [1.54, 1.807) is 6.07 Å². The fourth-order valence-electron chi connectivity index (χ4n) is 4.46. The highest BCUT2D eigenvalue weighted by Crippen LogP contribution is 2.62. The first-order valence-corrected chi connectivity index (χ1v) is 7.32. The molecule has 3 rings (SSSR count). The average molecular weight is 274 g/mol. The first-order chi connectivity index (χ1) is 9.33. The van der Waals surface area contributed by atoms with Crippen LogP contribution in [0.15, 0.2) is 23.1 Å². The van der Waals surface area contributed by atoms with Gasteiger partial charge in [-0.15, -0.1) is 0 Å². The summed E-state index contributed by atoms with van der Waals surface area (Å²) in [6.45, 7) is 6.79. The minimum Gasteiger partial charge on any atom is -0.348 e. The number of carbonyl (C=O) groups is 1. The molecule has 1 aromatic rings. The monoisotopic (exact) mass is 274 g/mol. The van der Waals surface area contributed by atoms with Crippen LogP contribution in [-0.2, 0) is 0 Å². The number of nitrogens with one attached hydrogen (secondary N) is 2. The number of amides is 1. The molecular formula is C16H22N2O2. The normalized spacial score (nSPS) is 34.1. The van der Waals surface area contributed by atoms with Crippen molar-refractivity contribution < 1.29 is 4.79 Å². The van der Waals surface area contributed by atoms with E-state index in [2.05, 4.69) is 31.1 Å². The molecule has 2 aliphatic rings. The lowest BCUT2D eigenvalue weighted by atomic mass is 9.68. The molecule has 4 nitrogen and oxygen atoms in total. The van der Waals surface area contributed by atoms with E-state index in [9.17, 15) is 9.59 Å². The zero-order valence-electron chi connectivity index (χ0n) is 12.3. The molecule has 2 fully saturated rings. The summed E-state index contributed by atoms with van der Waals surface area (Å²) in [7, 11) is 0. The maximum Gasteiger partial charge on any atom is 0.251 e. The predicted octanol–water partition coefficient (Wildman–Crippen LogP) is 2.32. The van der Waals surface area contributed by atoms with Gasteiger partial charge in [-0.2, -0.15) is 0 Å². The number of hydrogen-bond donors (Lipinski definition) is 2. The number of hydrogen-bond acceptors (Lipinski definition) is 2. The number of aromatic nitrogens is 1. The van der Waals surface area contributed by atoms with Crippen LogP contribution >= 0.6 is 0 Å². The summed E-state index contributed by atoms with van der Waals surface area (Å²) in [6, 6.07) is 3.19. The second kappa shape index (κ2) is 4.21. The highest BCUT2D eigenvalue weighted by Gasteiger charge is 2.59. The number of rotatable bonds is 2. The molecular weight excluding hydrogens is 252 g/mol. The topological polar surface area (TPSA) is 62.0 Å². The Morgan fingerprint density at radius 1 is 1.40 bits per heavy atom. The van der Waals surface area contributed by atoms with Crippen molar-refractivity contribution in [3.05, 3.63) is 34.2 Å². The van der Waals surface area contributed by atoms with Crippen LogP contribution in [-0.4, -0.2) is 16.9 Å². The van der Waals surface area contributed by atoms with Gasteiger partial charge in [0.05, 0.1) is 0 Å². The SMILES string of the molecule is CC12CCC(C1)C(C)(C)C2NC(=O)c1cc[nH]c(=O)c1. The van der Waals surface area contributed by atoms with Gasteiger partial charge in [0.25, 0.3) is 5.91 Å². The molecule has 1 amide bonds. The quantitative estimate of drug-likeness (QED) is 0.869. The van der Waals surface area contributed by atoms with Crippen LogP contribution in [0.3, 0.4) is 0 Å². The van der Waals surface area contributed by atoms with E-state index in [4.69, 9.17) is 0 Å². The molecule has 1 heterocycles. The number of aromatic amines is 1. The number of carbonyl (C=O) groups excluding carboxylic acids is 1. The van der Waals surface area contributed by atoms with Crippen molar-refractivity contribution in [3.8, 4) is 0 Å². The van der Waals surface area contributed by atoms with Crippen molar-refractivity contribution in [2.75, 3.05) is 0 Å². The zero-order chi connectivity index (χ0) is 14.5. The average Bonchev–Trinajstić information content (AvgIpc) is 2.85. The molecule has 108 valence electrons. The van der Waals surface area contributed by atoms with Gasteiger partial charge in [0.2, 0.25) is 5.56 Å². The summed E-state index contributed by atoms with van der Waals surface area (Å²) in [5.74, 6) is 0.555. The molecule has 0 aliphatic heterocycles. The van der Waals surface area contributed by atoms with Crippen molar-refractivity contribution in [2.24, 2.45) is 16.7 Å². The second-order valence-electron chi connectivity index (χ2n) is 7.26. The summed E-state index contributed by atoms with van der Waals surface area (Å²) in [5, 5.41) is 3.19. The fraction of sp³-hybridized carbons (Fsp3) is 0.625. The van der Waals surface area contributed by atoms with Crippen molar-refractivity contribution >= 4 is 5.91 Å². The number of fused-ring (bicyclic) bond motifs is 2. The van der Waals surface area contributed by atoms with Gasteiger partial charge >= 0.3 is 0 Å². The van der Waals surface area contributed by atoms with E-state index >= 15 is 0 Å². The van der Waals surface area contributed by atoms with Crippen LogP contribution in [0.4, 0.5) is 0 Å². The summed E-state index contributed by atoms with van der Waals surface area (Å²) in [4.78, 5) is 26.2. The van der Waals surface area contributed by atoms with E-state index in [-0.39, 0.29) is 28.3 Å². The first kappa shape index (κ1) is 13.4. The molecule has 4 heteroatoms. The minimum atomic E-state index is -0.240. The third-order valence-electron chi connectivity index (χ3n) is 5.58. The molecule has 2 bridgehead atoms. The van der Waals surface area contributed by atoms with Crippen molar-refractivity contribution in [1.29, 1.82) is 0 Å². The van der Waals surface area contributed by atoms with Crippen molar-refractivity contribution in [2.45, 2.75) is 46.1 Å². The molecule has 0 spiro atoms. The summed E-state index contributed by atoms with van der Waals surface area (Å²) in [6.07, 6.45) is 5.16. The van der Waals surface area contributed by atoms with Crippen LogP contribution in [0.5, 0.6) is 0 Å². The maximum absolute atomic E-state index is 12.4. The van der Waals surface area contributed by atoms with Gasteiger partial charge in [-0.25, -0.2) is 0 Å². The lowest BCUT2D eigenvalue weighted by Crippen LogP contribution is -2.52. The van der Waals surface area contributed by atoms with Gasteiger partial charge < -0.3 is 10.3 Å². The summed E-state index contributed by atoms with van der Waals surface area (Å²) < 4.78 is 0. The van der Waals surface area contributed by atoms with Gasteiger partial charge in [0.15, 0.2) is 0 Å². The standard InChI is InChI=1S/C16H22N2O2/c1-15(2)11-4-6-16(3,9-11)14(15)18-13(20)10-5-7-17-12(19)8-10/h5,7-8,11,14H,4,6,9H2,1-3H3,(H,17,19)(H,18,20). The molecule has 2 aliphatic carbocycles. The minimum absolute atomic E-state index is 0.129. The Bertz CT molecular complexity index is 600. The third kappa shape index (κ3) is 1.89. The van der Waals surface area contributed by atoms with Crippen molar-refractivity contribution in [3.63, 3.8) is 0 Å². The predicted molar refractivity (Wildman–Crippen MR) is 77.5 cm³/mol. The van der Waals surface area contributed by atoms with Gasteiger partial charge in [-0.3, -0.25) is 9.59 Å². The van der Waals surface area contributed by atoms with Crippen LogP contribution in [0.25, 0.3) is 0 Å². The van der Waals surface area contributed by atoms with Crippen LogP contribution in [0.1, 0.15) is 50.4 Å².